The average molecular weight is 276 g/mol. The lowest BCUT2D eigenvalue weighted by Gasteiger charge is -2.48. The number of carbonyl (C=O) groups excluding carboxylic acids is 1. The third-order valence-corrected chi connectivity index (χ3v) is 6.13. The molecule has 1 atom stereocenters. The summed E-state index contributed by atoms with van der Waals surface area (Å²) in [5.74, 6) is 0.121. The number of carbonyl (C=O) groups is 1. The van der Waals surface area contributed by atoms with E-state index in [4.69, 9.17) is 10.5 Å². The van der Waals surface area contributed by atoms with Gasteiger partial charge in [-0.2, -0.15) is 0 Å². The number of hydrogen-bond donors (Lipinski definition) is 1. The van der Waals surface area contributed by atoms with Gasteiger partial charge in [0.2, 0.25) is 0 Å². The number of amides is 1. The molecule has 2 rings (SSSR count). The Labute approximate surface area is 107 Å². The quantitative estimate of drug-likeness (QED) is 0.679. The van der Waals surface area contributed by atoms with Gasteiger partial charge in [0.1, 0.15) is 10.3 Å². The molecule has 0 aliphatic carbocycles. The van der Waals surface area contributed by atoms with Crippen LogP contribution < -0.4 is 5.73 Å². The molecule has 2 fully saturated rings. The molecule has 2 aliphatic heterocycles. The topological polar surface area (TPSA) is 89.7 Å². The minimum Gasteiger partial charge on any atom is -0.444 e. The van der Waals surface area contributed by atoms with Crippen LogP contribution in [0.2, 0.25) is 0 Å². The van der Waals surface area contributed by atoms with Crippen molar-refractivity contribution in [1.29, 1.82) is 0 Å². The third-order valence-electron chi connectivity index (χ3n) is 3.56. The van der Waals surface area contributed by atoms with E-state index in [1.54, 1.807) is 20.8 Å². The monoisotopic (exact) mass is 276 g/mol. The van der Waals surface area contributed by atoms with Crippen molar-refractivity contribution in [1.82, 2.24) is 4.90 Å². The molecule has 0 bridgehead atoms. The molecule has 1 amide bonds. The van der Waals surface area contributed by atoms with Crippen LogP contribution in [0.3, 0.4) is 0 Å². The van der Waals surface area contributed by atoms with Crippen LogP contribution in [0.25, 0.3) is 0 Å². The van der Waals surface area contributed by atoms with E-state index in [9.17, 15) is 13.2 Å². The van der Waals surface area contributed by atoms with Gasteiger partial charge in [0.15, 0.2) is 9.84 Å². The fourth-order valence-electron chi connectivity index (χ4n) is 2.47. The zero-order chi connectivity index (χ0) is 13.8. The first-order valence-electron chi connectivity index (χ1n) is 6.03. The van der Waals surface area contributed by atoms with Crippen LogP contribution in [0, 0.1) is 0 Å². The first kappa shape index (κ1) is 13.6. The van der Waals surface area contributed by atoms with E-state index < -0.39 is 26.3 Å². The normalized spacial score (nSPS) is 29.1. The SMILES string of the molecule is CC(C)(C)OC(=O)N1CC2(C1)[C@@H](N)CCS2(=O)=O. The zero-order valence-corrected chi connectivity index (χ0v) is 11.8. The van der Waals surface area contributed by atoms with Crippen LogP contribution >= 0.6 is 0 Å². The fraction of sp³-hybridized carbons (Fsp3) is 0.909. The van der Waals surface area contributed by atoms with Crippen LogP contribution in [-0.2, 0) is 14.6 Å². The molecule has 0 unspecified atom stereocenters. The Morgan fingerprint density at radius 3 is 2.33 bits per heavy atom. The van der Waals surface area contributed by atoms with Crippen molar-refractivity contribution in [3.8, 4) is 0 Å². The molecule has 0 aromatic carbocycles. The number of rotatable bonds is 0. The predicted octanol–water partition coefficient (Wildman–Crippen LogP) is 0.122. The minimum absolute atomic E-state index is 0.121. The molecule has 2 N–H and O–H groups in total. The van der Waals surface area contributed by atoms with Gasteiger partial charge in [-0.25, -0.2) is 13.2 Å². The summed E-state index contributed by atoms with van der Waals surface area (Å²) < 4.78 is 28.2. The molecule has 6 nitrogen and oxygen atoms in total. The smallest absolute Gasteiger partial charge is 0.410 e. The first-order chi connectivity index (χ1) is 8.07. The number of hydrogen-bond acceptors (Lipinski definition) is 5. The highest BCUT2D eigenvalue weighted by Crippen LogP contribution is 2.39. The van der Waals surface area contributed by atoms with E-state index in [2.05, 4.69) is 0 Å². The standard InChI is InChI=1S/C11H20N2O4S/c1-10(2,3)17-9(14)13-6-11(7-13)8(12)4-5-18(11,15)16/h8H,4-7,12H2,1-3H3/t8-/m0/s1. The molecule has 2 heterocycles. The van der Waals surface area contributed by atoms with Gasteiger partial charge in [-0.1, -0.05) is 0 Å². The Hall–Kier alpha value is -0.820. The summed E-state index contributed by atoms with van der Waals surface area (Å²) in [6.07, 6.45) is 0.00670. The Bertz CT molecular complexity index is 460. The number of nitrogens with zero attached hydrogens (tertiary/aromatic N) is 1. The summed E-state index contributed by atoms with van der Waals surface area (Å²) in [6.45, 7) is 5.65. The number of ether oxygens (including phenoxy) is 1. The van der Waals surface area contributed by atoms with Gasteiger partial charge >= 0.3 is 6.09 Å². The minimum atomic E-state index is -3.18. The van der Waals surface area contributed by atoms with Crippen molar-refractivity contribution in [3.05, 3.63) is 0 Å². The molecule has 2 aliphatic rings. The van der Waals surface area contributed by atoms with Crippen molar-refractivity contribution in [2.45, 2.75) is 43.6 Å². The van der Waals surface area contributed by atoms with Gasteiger partial charge in [-0.05, 0) is 27.2 Å². The molecule has 2 saturated heterocycles. The second kappa shape index (κ2) is 3.84. The second-order valence-electron chi connectivity index (χ2n) is 6.12. The molecule has 0 aromatic heterocycles. The maximum absolute atomic E-state index is 12.0. The van der Waals surface area contributed by atoms with Crippen molar-refractivity contribution in [2.75, 3.05) is 18.8 Å². The summed E-state index contributed by atoms with van der Waals surface area (Å²) in [6, 6.07) is -0.374. The molecule has 1 spiro atoms. The summed E-state index contributed by atoms with van der Waals surface area (Å²) in [7, 11) is -3.18. The number of sulfone groups is 1. The predicted molar refractivity (Wildman–Crippen MR) is 66.9 cm³/mol. The molecule has 0 radical (unpaired) electrons. The van der Waals surface area contributed by atoms with E-state index in [1.165, 1.54) is 4.90 Å². The highest BCUT2D eigenvalue weighted by Gasteiger charge is 2.62. The molecule has 0 aromatic rings. The zero-order valence-electron chi connectivity index (χ0n) is 11.0. The summed E-state index contributed by atoms with van der Waals surface area (Å²) in [5, 5.41) is 0. The fourth-order valence-corrected chi connectivity index (χ4v) is 4.72. The Morgan fingerprint density at radius 2 is 1.94 bits per heavy atom. The Kier molecular flexibility index (Phi) is 2.90. The lowest BCUT2D eigenvalue weighted by atomic mass is 9.90. The highest BCUT2D eigenvalue weighted by molar-refractivity contribution is 7.93. The van der Waals surface area contributed by atoms with E-state index in [0.29, 0.717) is 6.42 Å². The highest BCUT2D eigenvalue weighted by atomic mass is 32.2. The molecular weight excluding hydrogens is 256 g/mol. The van der Waals surface area contributed by atoms with E-state index >= 15 is 0 Å². The maximum atomic E-state index is 12.0. The average Bonchev–Trinajstić information content (AvgIpc) is 2.31. The van der Waals surface area contributed by atoms with E-state index in [1.807, 2.05) is 0 Å². The van der Waals surface area contributed by atoms with Crippen molar-refractivity contribution in [3.63, 3.8) is 0 Å². The first-order valence-corrected chi connectivity index (χ1v) is 7.68. The largest absolute Gasteiger partial charge is 0.444 e. The lowest BCUT2D eigenvalue weighted by molar-refractivity contribution is 0.00179. The molecule has 18 heavy (non-hydrogen) atoms. The van der Waals surface area contributed by atoms with Crippen molar-refractivity contribution >= 4 is 15.9 Å². The van der Waals surface area contributed by atoms with Gasteiger partial charge in [-0.15, -0.1) is 0 Å². The van der Waals surface area contributed by atoms with Crippen molar-refractivity contribution in [2.24, 2.45) is 5.73 Å². The molecular formula is C11H20N2O4S. The van der Waals surface area contributed by atoms with E-state index in [-0.39, 0.29) is 24.9 Å². The Balaban J connectivity index is 2.04. The van der Waals surface area contributed by atoms with Gasteiger partial charge < -0.3 is 15.4 Å². The van der Waals surface area contributed by atoms with Gasteiger partial charge in [0.05, 0.1) is 5.75 Å². The van der Waals surface area contributed by atoms with Crippen LogP contribution in [-0.4, -0.2) is 54.6 Å². The van der Waals surface area contributed by atoms with Crippen molar-refractivity contribution < 1.29 is 17.9 Å². The van der Waals surface area contributed by atoms with Crippen LogP contribution in [0.5, 0.6) is 0 Å². The molecule has 0 saturated carbocycles. The number of likely N-dealkylation sites (tertiary alicyclic amines) is 1. The van der Waals surface area contributed by atoms with Gasteiger partial charge in [0, 0.05) is 19.1 Å². The molecule has 7 heteroatoms. The summed E-state index contributed by atoms with van der Waals surface area (Å²) in [4.78, 5) is 13.2. The summed E-state index contributed by atoms with van der Waals surface area (Å²) in [5.41, 5.74) is 5.31. The van der Waals surface area contributed by atoms with Gasteiger partial charge in [0.25, 0.3) is 0 Å². The van der Waals surface area contributed by atoms with Gasteiger partial charge in [-0.3, -0.25) is 0 Å². The van der Waals surface area contributed by atoms with Crippen LogP contribution in [0.1, 0.15) is 27.2 Å². The van der Waals surface area contributed by atoms with Crippen LogP contribution in [0.15, 0.2) is 0 Å². The number of nitrogens with two attached hydrogens (primary N) is 1. The third kappa shape index (κ3) is 1.99. The molecule has 104 valence electrons. The lowest BCUT2D eigenvalue weighted by Crippen LogP contribution is -2.71. The maximum Gasteiger partial charge on any atom is 0.410 e. The van der Waals surface area contributed by atoms with Crippen LogP contribution in [0.4, 0.5) is 4.79 Å². The second-order valence-corrected chi connectivity index (χ2v) is 8.57. The Morgan fingerprint density at radius 1 is 1.39 bits per heavy atom. The summed E-state index contributed by atoms with van der Waals surface area (Å²) >= 11 is 0. The van der Waals surface area contributed by atoms with E-state index in [0.717, 1.165) is 0 Å².